The quantitative estimate of drug-likeness (QED) is 0.416. The molecule has 3 rings (SSSR count). The maximum absolute atomic E-state index is 14.8. The Balaban J connectivity index is 1.95. The Kier molecular flexibility index (Phi) is 6.15. The van der Waals surface area contributed by atoms with Crippen molar-refractivity contribution >= 4 is 17.8 Å². The Morgan fingerprint density at radius 1 is 1.27 bits per heavy atom. The molecule has 3 N–H and O–H groups in total. The molecule has 8 heteroatoms. The molecule has 1 heterocycles. The molecule has 156 valence electrons. The first kappa shape index (κ1) is 21.0. The van der Waals surface area contributed by atoms with Gasteiger partial charge in [0.25, 0.3) is 0 Å². The standard InChI is InChI=1S/C22H23FN4O3/c1-13(15-9-10-16(18(23)11-15)14-7-5-4-6-8-14)20-17(12-19(28)29)21(30-26-20)25-22(24)27(2)3/h4-11,13H,12H2,1-3H3,(H2,24,25)(H,28,29). The van der Waals surface area contributed by atoms with Gasteiger partial charge in [0.05, 0.1) is 17.7 Å². The van der Waals surface area contributed by atoms with Crippen molar-refractivity contribution in [2.75, 3.05) is 19.4 Å². The van der Waals surface area contributed by atoms with Crippen LogP contribution in [0.2, 0.25) is 0 Å². The topological polar surface area (TPSA) is 102 Å². The molecule has 1 unspecified atom stereocenters. The van der Waals surface area contributed by atoms with Crippen LogP contribution in [0, 0.1) is 11.2 Å². The van der Waals surface area contributed by atoms with Crippen molar-refractivity contribution in [3.63, 3.8) is 0 Å². The van der Waals surface area contributed by atoms with Crippen molar-refractivity contribution < 1.29 is 18.8 Å². The predicted octanol–water partition coefficient (Wildman–Crippen LogP) is 4.17. The summed E-state index contributed by atoms with van der Waals surface area (Å²) in [5, 5.41) is 24.0. The van der Waals surface area contributed by atoms with Gasteiger partial charge in [0.2, 0.25) is 5.88 Å². The Morgan fingerprint density at radius 3 is 2.57 bits per heavy atom. The normalized spacial score (nSPS) is 11.7. The molecule has 1 aromatic heterocycles. The molecular weight excluding hydrogens is 387 g/mol. The van der Waals surface area contributed by atoms with Gasteiger partial charge in [-0.05, 0) is 17.2 Å². The van der Waals surface area contributed by atoms with E-state index < -0.39 is 11.9 Å². The number of aliphatic carboxylic acids is 1. The van der Waals surface area contributed by atoms with E-state index in [-0.39, 0.29) is 24.1 Å². The number of carbonyl (C=O) groups is 1. The number of aromatic nitrogens is 1. The zero-order valence-corrected chi connectivity index (χ0v) is 16.9. The van der Waals surface area contributed by atoms with Gasteiger partial charge in [0.15, 0.2) is 5.96 Å². The summed E-state index contributed by atoms with van der Waals surface area (Å²) in [5.74, 6) is -1.72. The molecule has 0 saturated heterocycles. The second-order valence-corrected chi connectivity index (χ2v) is 7.14. The molecule has 0 fully saturated rings. The maximum Gasteiger partial charge on any atom is 0.308 e. The minimum Gasteiger partial charge on any atom is -0.481 e. The monoisotopic (exact) mass is 410 g/mol. The van der Waals surface area contributed by atoms with Gasteiger partial charge in [-0.25, -0.2) is 4.39 Å². The third kappa shape index (κ3) is 4.48. The number of anilines is 1. The predicted molar refractivity (Wildman–Crippen MR) is 112 cm³/mol. The van der Waals surface area contributed by atoms with Crippen LogP contribution < -0.4 is 5.32 Å². The van der Waals surface area contributed by atoms with Crippen molar-refractivity contribution in [3.8, 4) is 11.1 Å². The minimum absolute atomic E-state index is 0.0234. The largest absolute Gasteiger partial charge is 0.481 e. The van der Waals surface area contributed by atoms with Crippen LogP contribution in [-0.2, 0) is 11.2 Å². The van der Waals surface area contributed by atoms with Gasteiger partial charge in [0.1, 0.15) is 5.82 Å². The van der Waals surface area contributed by atoms with E-state index in [0.29, 0.717) is 22.4 Å². The summed E-state index contributed by atoms with van der Waals surface area (Å²) < 4.78 is 20.1. The number of halogens is 1. The first-order valence-electron chi connectivity index (χ1n) is 9.36. The van der Waals surface area contributed by atoms with Gasteiger partial charge >= 0.3 is 5.97 Å². The summed E-state index contributed by atoms with van der Waals surface area (Å²) in [7, 11) is 3.34. The zero-order valence-electron chi connectivity index (χ0n) is 16.9. The molecule has 0 radical (unpaired) electrons. The molecule has 0 aliphatic rings. The van der Waals surface area contributed by atoms with E-state index in [1.807, 2.05) is 30.3 Å². The Bertz CT molecular complexity index is 1060. The molecular formula is C22H23FN4O3. The van der Waals surface area contributed by atoms with Crippen molar-refractivity contribution in [2.45, 2.75) is 19.3 Å². The van der Waals surface area contributed by atoms with Crippen molar-refractivity contribution in [3.05, 3.63) is 71.2 Å². The van der Waals surface area contributed by atoms with Crippen LogP contribution in [0.25, 0.3) is 11.1 Å². The molecule has 30 heavy (non-hydrogen) atoms. The molecule has 3 aromatic rings. The van der Waals surface area contributed by atoms with E-state index in [4.69, 9.17) is 9.93 Å². The van der Waals surface area contributed by atoms with Gasteiger partial charge < -0.3 is 14.5 Å². The van der Waals surface area contributed by atoms with Crippen LogP contribution in [0.3, 0.4) is 0 Å². The van der Waals surface area contributed by atoms with Crippen molar-refractivity contribution in [1.29, 1.82) is 5.41 Å². The summed E-state index contributed by atoms with van der Waals surface area (Å²) >= 11 is 0. The Morgan fingerprint density at radius 2 is 1.97 bits per heavy atom. The van der Waals surface area contributed by atoms with Gasteiger partial charge in [-0.3, -0.25) is 15.5 Å². The van der Waals surface area contributed by atoms with Gasteiger partial charge in [-0.1, -0.05) is 54.5 Å². The summed E-state index contributed by atoms with van der Waals surface area (Å²) in [5.41, 5.74) is 2.61. The fourth-order valence-corrected chi connectivity index (χ4v) is 3.11. The Labute approximate surface area is 173 Å². The third-order valence-electron chi connectivity index (χ3n) is 4.81. The molecule has 0 amide bonds. The first-order valence-corrected chi connectivity index (χ1v) is 9.36. The molecule has 7 nitrogen and oxygen atoms in total. The molecule has 2 aromatic carbocycles. The maximum atomic E-state index is 14.8. The van der Waals surface area contributed by atoms with Gasteiger partial charge in [0, 0.05) is 25.6 Å². The molecule has 0 saturated carbocycles. The lowest BCUT2D eigenvalue weighted by molar-refractivity contribution is -0.136. The van der Waals surface area contributed by atoms with E-state index in [9.17, 15) is 14.3 Å². The van der Waals surface area contributed by atoms with Gasteiger partial charge in [-0.15, -0.1) is 0 Å². The second-order valence-electron chi connectivity index (χ2n) is 7.14. The first-order chi connectivity index (χ1) is 14.3. The van der Waals surface area contributed by atoms with E-state index >= 15 is 0 Å². The summed E-state index contributed by atoms with van der Waals surface area (Å²) in [4.78, 5) is 12.9. The van der Waals surface area contributed by atoms with Crippen LogP contribution in [-0.4, -0.2) is 41.2 Å². The number of hydrogen-bond acceptors (Lipinski definition) is 4. The van der Waals surface area contributed by atoms with E-state index in [0.717, 1.165) is 5.56 Å². The number of rotatable bonds is 6. The Hall–Kier alpha value is -3.68. The average Bonchev–Trinajstić information content (AvgIpc) is 3.09. The highest BCUT2D eigenvalue weighted by Gasteiger charge is 2.25. The van der Waals surface area contributed by atoms with Gasteiger partial charge in [-0.2, -0.15) is 0 Å². The molecule has 0 spiro atoms. The minimum atomic E-state index is -1.06. The molecule has 0 aliphatic carbocycles. The summed E-state index contributed by atoms with van der Waals surface area (Å²) in [6.45, 7) is 1.81. The average molecular weight is 410 g/mol. The number of carboxylic acids is 1. The van der Waals surface area contributed by atoms with Crippen LogP contribution >= 0.6 is 0 Å². The smallest absolute Gasteiger partial charge is 0.308 e. The number of carboxylic acid groups (broad SMARTS) is 1. The highest BCUT2D eigenvalue weighted by molar-refractivity contribution is 5.91. The SMILES string of the molecule is CC(c1ccc(-c2ccccc2)c(F)c1)c1noc(NC(=N)N(C)C)c1CC(=O)O. The van der Waals surface area contributed by atoms with Crippen LogP contribution in [0.4, 0.5) is 10.3 Å². The fraction of sp³-hybridized carbons (Fsp3) is 0.227. The van der Waals surface area contributed by atoms with Crippen LogP contribution in [0.15, 0.2) is 53.1 Å². The third-order valence-corrected chi connectivity index (χ3v) is 4.81. The fourth-order valence-electron chi connectivity index (χ4n) is 3.11. The number of benzene rings is 2. The van der Waals surface area contributed by atoms with Crippen molar-refractivity contribution in [1.82, 2.24) is 10.1 Å². The van der Waals surface area contributed by atoms with E-state index in [1.54, 1.807) is 33.2 Å². The number of nitrogens with one attached hydrogen (secondary N) is 2. The van der Waals surface area contributed by atoms with Crippen LogP contribution in [0.1, 0.15) is 29.7 Å². The summed E-state index contributed by atoms with van der Waals surface area (Å²) in [6.07, 6.45) is -0.337. The van der Waals surface area contributed by atoms with Crippen LogP contribution in [0.5, 0.6) is 0 Å². The number of nitrogens with zero attached hydrogens (tertiary/aromatic N) is 2. The summed E-state index contributed by atoms with van der Waals surface area (Å²) in [6, 6.07) is 14.2. The highest BCUT2D eigenvalue weighted by atomic mass is 19.1. The molecule has 1 atom stereocenters. The lowest BCUT2D eigenvalue weighted by Crippen LogP contribution is -2.28. The lowest BCUT2D eigenvalue weighted by Gasteiger charge is -2.15. The van der Waals surface area contributed by atoms with E-state index in [1.165, 1.54) is 11.0 Å². The molecule has 0 aliphatic heterocycles. The number of guanidine groups is 1. The van der Waals surface area contributed by atoms with Crippen molar-refractivity contribution in [2.24, 2.45) is 0 Å². The van der Waals surface area contributed by atoms with E-state index in [2.05, 4.69) is 10.5 Å². The second kappa shape index (κ2) is 8.77. The zero-order chi connectivity index (χ0) is 21.8. The molecule has 0 bridgehead atoms. The lowest BCUT2D eigenvalue weighted by atomic mass is 9.92. The highest BCUT2D eigenvalue weighted by Crippen LogP contribution is 2.33. The number of hydrogen-bond donors (Lipinski definition) is 3.